The van der Waals surface area contributed by atoms with Crippen LogP contribution in [0.5, 0.6) is 0 Å². The number of benzene rings is 1. The van der Waals surface area contributed by atoms with Crippen molar-refractivity contribution in [2.75, 3.05) is 18.0 Å². The molecule has 1 aromatic carbocycles. The van der Waals surface area contributed by atoms with Crippen molar-refractivity contribution in [3.63, 3.8) is 0 Å². The van der Waals surface area contributed by atoms with E-state index in [0.29, 0.717) is 5.92 Å². The summed E-state index contributed by atoms with van der Waals surface area (Å²) in [5.74, 6) is 2.79. The number of hydrogen-bond donors (Lipinski definition) is 1. The molecule has 2 aliphatic rings. The zero-order chi connectivity index (χ0) is 18.1. The van der Waals surface area contributed by atoms with Gasteiger partial charge in [-0.05, 0) is 51.7 Å². The number of aromatic nitrogens is 3. The standard InChI is InChI=1S/C20H27N5O/c1-3-25-18(15-8-9-15)22-23-20(25)24-12-10-17(11-13-24)21-19(26)16-6-4-14(2)5-7-16/h4-7,15,17H,3,8-13H2,1-2H3,(H,21,26). The Morgan fingerprint density at radius 3 is 2.42 bits per heavy atom. The topological polar surface area (TPSA) is 63.1 Å². The van der Waals surface area contributed by atoms with E-state index in [1.807, 2.05) is 31.2 Å². The van der Waals surface area contributed by atoms with Crippen LogP contribution in [0.1, 0.15) is 60.3 Å². The number of rotatable bonds is 5. The summed E-state index contributed by atoms with van der Waals surface area (Å²) in [6.45, 7) is 6.91. The Balaban J connectivity index is 1.35. The lowest BCUT2D eigenvalue weighted by molar-refractivity contribution is 0.0931. The van der Waals surface area contributed by atoms with Crippen LogP contribution in [-0.4, -0.2) is 39.8 Å². The van der Waals surface area contributed by atoms with Crippen LogP contribution < -0.4 is 10.2 Å². The van der Waals surface area contributed by atoms with Crippen molar-refractivity contribution < 1.29 is 4.79 Å². The van der Waals surface area contributed by atoms with E-state index in [-0.39, 0.29) is 11.9 Å². The quantitative estimate of drug-likeness (QED) is 0.898. The molecule has 0 bridgehead atoms. The highest BCUT2D eigenvalue weighted by atomic mass is 16.1. The zero-order valence-electron chi connectivity index (χ0n) is 15.6. The van der Waals surface area contributed by atoms with E-state index < -0.39 is 0 Å². The lowest BCUT2D eigenvalue weighted by Crippen LogP contribution is -2.45. The monoisotopic (exact) mass is 353 g/mol. The van der Waals surface area contributed by atoms with Gasteiger partial charge in [-0.15, -0.1) is 10.2 Å². The molecular formula is C20H27N5O. The smallest absolute Gasteiger partial charge is 0.251 e. The molecule has 0 radical (unpaired) electrons. The molecule has 0 spiro atoms. The first-order valence-electron chi connectivity index (χ1n) is 9.71. The fraction of sp³-hybridized carbons (Fsp3) is 0.550. The number of piperidine rings is 1. The Labute approximate surface area is 154 Å². The highest BCUT2D eigenvalue weighted by Gasteiger charge is 2.32. The van der Waals surface area contributed by atoms with Crippen LogP contribution >= 0.6 is 0 Å². The third-order valence-electron chi connectivity index (χ3n) is 5.45. The largest absolute Gasteiger partial charge is 0.349 e. The molecule has 6 heteroatoms. The van der Waals surface area contributed by atoms with Gasteiger partial charge in [0, 0.05) is 37.2 Å². The van der Waals surface area contributed by atoms with Crippen LogP contribution in [0.25, 0.3) is 0 Å². The number of carbonyl (C=O) groups is 1. The van der Waals surface area contributed by atoms with Gasteiger partial charge in [-0.25, -0.2) is 0 Å². The molecule has 2 aromatic rings. The van der Waals surface area contributed by atoms with Crippen LogP contribution in [0.15, 0.2) is 24.3 Å². The maximum Gasteiger partial charge on any atom is 0.251 e. The molecule has 0 unspecified atom stereocenters. The molecule has 4 rings (SSSR count). The second-order valence-electron chi connectivity index (χ2n) is 7.48. The number of nitrogens with one attached hydrogen (secondary N) is 1. The minimum Gasteiger partial charge on any atom is -0.349 e. The van der Waals surface area contributed by atoms with Crippen molar-refractivity contribution in [1.29, 1.82) is 0 Å². The fourth-order valence-corrected chi connectivity index (χ4v) is 3.68. The first kappa shape index (κ1) is 17.1. The number of carbonyl (C=O) groups excluding carboxylic acids is 1. The molecule has 1 aliphatic heterocycles. The molecule has 138 valence electrons. The number of aryl methyl sites for hydroxylation is 1. The van der Waals surface area contributed by atoms with Crippen LogP contribution in [0.2, 0.25) is 0 Å². The average Bonchev–Trinajstić information content (AvgIpc) is 3.41. The van der Waals surface area contributed by atoms with Crippen LogP contribution in [0.4, 0.5) is 5.95 Å². The molecule has 0 atom stereocenters. The van der Waals surface area contributed by atoms with Gasteiger partial charge in [0.25, 0.3) is 5.91 Å². The van der Waals surface area contributed by atoms with Crippen molar-refractivity contribution in [3.8, 4) is 0 Å². The molecule has 1 aliphatic carbocycles. The van der Waals surface area contributed by atoms with E-state index in [9.17, 15) is 4.79 Å². The molecule has 26 heavy (non-hydrogen) atoms. The summed E-state index contributed by atoms with van der Waals surface area (Å²) in [5.41, 5.74) is 1.90. The van der Waals surface area contributed by atoms with Crippen LogP contribution in [-0.2, 0) is 6.54 Å². The van der Waals surface area contributed by atoms with E-state index in [2.05, 4.69) is 31.9 Å². The summed E-state index contributed by atoms with van der Waals surface area (Å²) >= 11 is 0. The molecular weight excluding hydrogens is 326 g/mol. The van der Waals surface area contributed by atoms with Crippen molar-refractivity contribution >= 4 is 11.9 Å². The SMILES string of the molecule is CCn1c(C2CC2)nnc1N1CCC(NC(=O)c2ccc(C)cc2)CC1. The third-order valence-corrected chi connectivity index (χ3v) is 5.45. The molecule has 6 nitrogen and oxygen atoms in total. The first-order chi connectivity index (χ1) is 12.7. The predicted molar refractivity (Wildman–Crippen MR) is 102 cm³/mol. The maximum absolute atomic E-state index is 12.4. The number of hydrogen-bond acceptors (Lipinski definition) is 4. The Morgan fingerprint density at radius 2 is 1.81 bits per heavy atom. The summed E-state index contributed by atoms with van der Waals surface area (Å²) in [4.78, 5) is 14.7. The summed E-state index contributed by atoms with van der Waals surface area (Å²) in [6, 6.07) is 7.96. The Bertz CT molecular complexity index is 770. The van der Waals surface area contributed by atoms with Gasteiger partial charge in [0.15, 0.2) is 0 Å². The lowest BCUT2D eigenvalue weighted by atomic mass is 10.0. The second kappa shape index (κ2) is 7.09. The van der Waals surface area contributed by atoms with Crippen LogP contribution in [0, 0.1) is 6.92 Å². The molecule has 1 saturated carbocycles. The number of nitrogens with zero attached hydrogens (tertiary/aromatic N) is 4. The van der Waals surface area contributed by atoms with Gasteiger partial charge in [-0.2, -0.15) is 0 Å². The van der Waals surface area contributed by atoms with Gasteiger partial charge in [-0.3, -0.25) is 9.36 Å². The average molecular weight is 353 g/mol. The van der Waals surface area contributed by atoms with Gasteiger partial charge in [0.05, 0.1) is 0 Å². The van der Waals surface area contributed by atoms with E-state index in [0.717, 1.165) is 49.8 Å². The van der Waals surface area contributed by atoms with E-state index in [1.54, 1.807) is 0 Å². The van der Waals surface area contributed by atoms with E-state index >= 15 is 0 Å². The number of anilines is 1. The van der Waals surface area contributed by atoms with Crippen LogP contribution in [0.3, 0.4) is 0 Å². The van der Waals surface area contributed by atoms with Crippen molar-refractivity contribution in [2.45, 2.75) is 58.0 Å². The third kappa shape index (κ3) is 3.45. The van der Waals surface area contributed by atoms with Gasteiger partial charge in [-0.1, -0.05) is 17.7 Å². The second-order valence-corrected chi connectivity index (χ2v) is 7.48. The summed E-state index contributed by atoms with van der Waals surface area (Å²) in [7, 11) is 0. The normalized spacial score (nSPS) is 18.2. The molecule has 1 amide bonds. The number of amides is 1. The minimum atomic E-state index is 0.0243. The molecule has 1 saturated heterocycles. The highest BCUT2D eigenvalue weighted by molar-refractivity contribution is 5.94. The van der Waals surface area contributed by atoms with E-state index in [4.69, 9.17) is 0 Å². The molecule has 1 N–H and O–H groups in total. The fourth-order valence-electron chi connectivity index (χ4n) is 3.68. The Morgan fingerprint density at radius 1 is 1.12 bits per heavy atom. The summed E-state index contributed by atoms with van der Waals surface area (Å²) in [6.07, 6.45) is 4.36. The van der Waals surface area contributed by atoms with Gasteiger partial charge in [0.2, 0.25) is 5.95 Å². The van der Waals surface area contributed by atoms with Crippen molar-refractivity contribution in [3.05, 3.63) is 41.2 Å². The Hall–Kier alpha value is -2.37. The molecule has 1 aromatic heterocycles. The Kier molecular flexibility index (Phi) is 4.66. The molecule has 2 heterocycles. The van der Waals surface area contributed by atoms with E-state index in [1.165, 1.54) is 18.4 Å². The predicted octanol–water partition coefficient (Wildman–Crippen LogP) is 2.88. The van der Waals surface area contributed by atoms with Crippen molar-refractivity contribution in [1.82, 2.24) is 20.1 Å². The van der Waals surface area contributed by atoms with Gasteiger partial charge in [0.1, 0.15) is 5.82 Å². The van der Waals surface area contributed by atoms with Gasteiger partial charge < -0.3 is 10.2 Å². The summed E-state index contributed by atoms with van der Waals surface area (Å²) < 4.78 is 2.27. The lowest BCUT2D eigenvalue weighted by Gasteiger charge is -2.33. The highest BCUT2D eigenvalue weighted by Crippen LogP contribution is 2.40. The molecule has 2 fully saturated rings. The van der Waals surface area contributed by atoms with Crippen molar-refractivity contribution in [2.24, 2.45) is 0 Å². The maximum atomic E-state index is 12.4. The summed E-state index contributed by atoms with van der Waals surface area (Å²) in [5, 5.41) is 12.1. The zero-order valence-corrected chi connectivity index (χ0v) is 15.6. The van der Waals surface area contributed by atoms with Gasteiger partial charge >= 0.3 is 0 Å². The minimum absolute atomic E-state index is 0.0243. The first-order valence-corrected chi connectivity index (χ1v) is 9.71.